The SMILES string of the molecule is Cc1ccc(COc2ccc(C#N)c(F)c2)o1. The number of ether oxygens (including phenoxy) is 1. The summed E-state index contributed by atoms with van der Waals surface area (Å²) >= 11 is 0. The average Bonchev–Trinajstić information content (AvgIpc) is 2.73. The lowest BCUT2D eigenvalue weighted by atomic mass is 10.2. The minimum Gasteiger partial charge on any atom is -0.486 e. The van der Waals surface area contributed by atoms with E-state index in [0.29, 0.717) is 11.5 Å². The fourth-order valence-corrected chi connectivity index (χ4v) is 1.39. The van der Waals surface area contributed by atoms with E-state index in [1.165, 1.54) is 12.1 Å². The molecule has 1 heterocycles. The first-order valence-electron chi connectivity index (χ1n) is 5.07. The number of halogens is 1. The Morgan fingerprint density at radius 2 is 2.18 bits per heavy atom. The fraction of sp³-hybridized carbons (Fsp3) is 0.154. The van der Waals surface area contributed by atoms with E-state index in [9.17, 15) is 4.39 Å². The van der Waals surface area contributed by atoms with E-state index < -0.39 is 5.82 Å². The van der Waals surface area contributed by atoms with Gasteiger partial charge in [-0.2, -0.15) is 5.26 Å². The second-order valence-electron chi connectivity index (χ2n) is 3.55. The Hall–Kier alpha value is -2.28. The van der Waals surface area contributed by atoms with E-state index in [-0.39, 0.29) is 12.2 Å². The molecule has 1 aromatic carbocycles. The van der Waals surface area contributed by atoms with Gasteiger partial charge in [0.05, 0.1) is 5.56 Å². The highest BCUT2D eigenvalue weighted by Gasteiger charge is 2.04. The summed E-state index contributed by atoms with van der Waals surface area (Å²) in [5.41, 5.74) is 0.00573. The van der Waals surface area contributed by atoms with Gasteiger partial charge in [-0.25, -0.2) is 4.39 Å². The molecule has 0 aliphatic carbocycles. The number of nitrogens with zero attached hydrogens (tertiary/aromatic N) is 1. The van der Waals surface area contributed by atoms with Crippen LogP contribution in [0.25, 0.3) is 0 Å². The van der Waals surface area contributed by atoms with Crippen molar-refractivity contribution in [1.29, 1.82) is 5.26 Å². The van der Waals surface area contributed by atoms with Crippen LogP contribution in [0.3, 0.4) is 0 Å². The van der Waals surface area contributed by atoms with Crippen molar-refractivity contribution in [1.82, 2.24) is 0 Å². The summed E-state index contributed by atoms with van der Waals surface area (Å²) < 4.78 is 23.9. The molecule has 0 N–H and O–H groups in total. The predicted molar refractivity (Wildman–Crippen MR) is 58.9 cm³/mol. The van der Waals surface area contributed by atoms with Gasteiger partial charge in [-0.1, -0.05) is 0 Å². The molecule has 0 spiro atoms. The predicted octanol–water partition coefficient (Wildman–Crippen LogP) is 3.18. The fourth-order valence-electron chi connectivity index (χ4n) is 1.39. The summed E-state index contributed by atoms with van der Waals surface area (Å²) in [6.45, 7) is 2.07. The topological polar surface area (TPSA) is 46.2 Å². The van der Waals surface area contributed by atoms with Gasteiger partial charge in [-0.15, -0.1) is 0 Å². The lowest BCUT2D eigenvalue weighted by Gasteiger charge is -2.04. The third-order valence-corrected chi connectivity index (χ3v) is 2.24. The molecule has 1 aromatic heterocycles. The quantitative estimate of drug-likeness (QED) is 0.814. The molecular weight excluding hydrogens is 221 g/mol. The van der Waals surface area contributed by atoms with Gasteiger partial charge in [0, 0.05) is 6.07 Å². The number of aryl methyl sites for hydroxylation is 1. The maximum atomic E-state index is 13.3. The molecule has 0 fully saturated rings. The average molecular weight is 231 g/mol. The van der Waals surface area contributed by atoms with Crippen LogP contribution in [0.5, 0.6) is 5.75 Å². The summed E-state index contributed by atoms with van der Waals surface area (Å²) in [7, 11) is 0. The maximum absolute atomic E-state index is 13.3. The Labute approximate surface area is 98.0 Å². The highest BCUT2D eigenvalue weighted by Crippen LogP contribution is 2.18. The van der Waals surface area contributed by atoms with E-state index in [2.05, 4.69) is 0 Å². The van der Waals surface area contributed by atoms with E-state index >= 15 is 0 Å². The zero-order valence-corrected chi connectivity index (χ0v) is 9.24. The summed E-state index contributed by atoms with van der Waals surface area (Å²) in [5.74, 6) is 1.26. The summed E-state index contributed by atoms with van der Waals surface area (Å²) in [4.78, 5) is 0. The monoisotopic (exact) mass is 231 g/mol. The minimum absolute atomic E-state index is 0.00573. The van der Waals surface area contributed by atoms with Crippen LogP contribution in [-0.4, -0.2) is 0 Å². The van der Waals surface area contributed by atoms with Crippen molar-refractivity contribution in [3.05, 3.63) is 53.2 Å². The number of furan rings is 1. The number of benzene rings is 1. The van der Waals surface area contributed by atoms with Crippen LogP contribution in [0.1, 0.15) is 17.1 Å². The maximum Gasteiger partial charge on any atom is 0.146 e. The van der Waals surface area contributed by atoms with Crippen LogP contribution in [-0.2, 0) is 6.61 Å². The molecule has 2 aromatic rings. The van der Waals surface area contributed by atoms with Gasteiger partial charge in [0.1, 0.15) is 35.8 Å². The van der Waals surface area contributed by atoms with Crippen molar-refractivity contribution in [3.63, 3.8) is 0 Å². The highest BCUT2D eigenvalue weighted by atomic mass is 19.1. The van der Waals surface area contributed by atoms with E-state index in [4.69, 9.17) is 14.4 Å². The Morgan fingerprint density at radius 1 is 1.35 bits per heavy atom. The molecule has 0 aliphatic heterocycles. The normalized spacial score (nSPS) is 9.94. The van der Waals surface area contributed by atoms with Crippen molar-refractivity contribution in [2.45, 2.75) is 13.5 Å². The molecule has 2 rings (SSSR count). The first kappa shape index (κ1) is 11.2. The molecular formula is C13H10FNO2. The molecule has 0 amide bonds. The summed E-state index contributed by atoms with van der Waals surface area (Å²) in [5, 5.41) is 8.57. The Kier molecular flexibility index (Phi) is 3.10. The molecule has 3 nitrogen and oxygen atoms in total. The first-order chi connectivity index (χ1) is 8.19. The Morgan fingerprint density at radius 3 is 2.76 bits per heavy atom. The van der Waals surface area contributed by atoms with Crippen molar-refractivity contribution < 1.29 is 13.5 Å². The summed E-state index contributed by atoms with van der Waals surface area (Å²) in [6, 6.07) is 9.51. The third-order valence-electron chi connectivity index (χ3n) is 2.24. The molecule has 0 saturated carbocycles. The molecule has 86 valence electrons. The molecule has 0 saturated heterocycles. The van der Waals surface area contributed by atoms with E-state index in [1.54, 1.807) is 18.2 Å². The minimum atomic E-state index is -0.583. The number of hydrogen-bond acceptors (Lipinski definition) is 3. The number of nitriles is 1. The molecule has 0 bridgehead atoms. The lowest BCUT2D eigenvalue weighted by Crippen LogP contribution is -1.95. The van der Waals surface area contributed by atoms with Crippen molar-refractivity contribution in [2.24, 2.45) is 0 Å². The Bertz CT molecular complexity index is 569. The van der Waals surface area contributed by atoms with Gasteiger partial charge >= 0.3 is 0 Å². The standard InChI is InChI=1S/C13H10FNO2/c1-9-2-4-12(17-9)8-16-11-5-3-10(7-15)13(14)6-11/h2-6H,8H2,1H3. The van der Waals surface area contributed by atoms with Crippen LogP contribution >= 0.6 is 0 Å². The van der Waals surface area contributed by atoms with Gasteiger partial charge in [0.2, 0.25) is 0 Å². The molecule has 0 radical (unpaired) electrons. The zero-order valence-electron chi connectivity index (χ0n) is 9.24. The van der Waals surface area contributed by atoms with Crippen LogP contribution in [0.15, 0.2) is 34.7 Å². The van der Waals surface area contributed by atoms with Gasteiger partial charge in [-0.05, 0) is 31.2 Å². The van der Waals surface area contributed by atoms with E-state index in [1.807, 2.05) is 13.0 Å². The van der Waals surface area contributed by atoms with Crippen LogP contribution < -0.4 is 4.74 Å². The smallest absolute Gasteiger partial charge is 0.146 e. The van der Waals surface area contributed by atoms with Crippen molar-refractivity contribution >= 4 is 0 Å². The summed E-state index contributed by atoms with van der Waals surface area (Å²) in [6.07, 6.45) is 0. The largest absolute Gasteiger partial charge is 0.486 e. The third kappa shape index (κ3) is 2.64. The van der Waals surface area contributed by atoms with Gasteiger partial charge in [-0.3, -0.25) is 0 Å². The number of hydrogen-bond donors (Lipinski definition) is 0. The second-order valence-corrected chi connectivity index (χ2v) is 3.55. The second kappa shape index (κ2) is 4.71. The van der Waals surface area contributed by atoms with Gasteiger partial charge < -0.3 is 9.15 Å². The van der Waals surface area contributed by atoms with Crippen LogP contribution in [0.4, 0.5) is 4.39 Å². The van der Waals surface area contributed by atoms with E-state index in [0.717, 1.165) is 5.76 Å². The zero-order chi connectivity index (χ0) is 12.3. The Balaban J connectivity index is 2.05. The van der Waals surface area contributed by atoms with Gasteiger partial charge in [0.25, 0.3) is 0 Å². The molecule has 4 heteroatoms. The molecule has 17 heavy (non-hydrogen) atoms. The van der Waals surface area contributed by atoms with Crippen molar-refractivity contribution in [3.8, 4) is 11.8 Å². The molecule has 0 unspecified atom stereocenters. The van der Waals surface area contributed by atoms with Crippen LogP contribution in [0.2, 0.25) is 0 Å². The lowest BCUT2D eigenvalue weighted by molar-refractivity contribution is 0.266. The van der Waals surface area contributed by atoms with Crippen molar-refractivity contribution in [2.75, 3.05) is 0 Å². The van der Waals surface area contributed by atoms with Gasteiger partial charge in [0.15, 0.2) is 0 Å². The number of rotatable bonds is 3. The molecule has 0 aliphatic rings. The highest BCUT2D eigenvalue weighted by molar-refractivity contribution is 5.36. The molecule has 0 atom stereocenters. The van der Waals surface area contributed by atoms with Crippen LogP contribution in [0, 0.1) is 24.1 Å². The first-order valence-corrected chi connectivity index (χ1v) is 5.07.